The fraction of sp³-hybridized carbons (Fsp3) is 0.412. The molecule has 112 valence electrons. The molecule has 1 aromatic heterocycles. The van der Waals surface area contributed by atoms with Crippen molar-refractivity contribution in [3.63, 3.8) is 0 Å². The van der Waals surface area contributed by atoms with Gasteiger partial charge in [-0.1, -0.05) is 6.07 Å². The van der Waals surface area contributed by atoms with Crippen LogP contribution in [0.5, 0.6) is 5.75 Å². The van der Waals surface area contributed by atoms with E-state index in [-0.39, 0.29) is 6.04 Å². The first-order valence-corrected chi connectivity index (χ1v) is 7.11. The van der Waals surface area contributed by atoms with Gasteiger partial charge in [-0.2, -0.15) is 10.2 Å². The smallest absolute Gasteiger partial charge is 0.122 e. The molecular formula is C17H23N3O. The molecule has 1 unspecified atom stereocenters. The second-order valence-corrected chi connectivity index (χ2v) is 5.43. The number of nitrogens with zero attached hydrogens (tertiary/aromatic N) is 2. The highest BCUT2D eigenvalue weighted by atomic mass is 16.5. The molecule has 0 amide bonds. The molecular weight excluding hydrogens is 262 g/mol. The zero-order chi connectivity index (χ0) is 15.6. The predicted octanol–water partition coefficient (Wildman–Crippen LogP) is 3.03. The lowest BCUT2D eigenvalue weighted by Gasteiger charge is -2.22. The molecule has 4 heteroatoms. The molecule has 21 heavy (non-hydrogen) atoms. The van der Waals surface area contributed by atoms with E-state index in [0.29, 0.717) is 0 Å². The fourth-order valence-electron chi connectivity index (χ4n) is 2.68. The van der Waals surface area contributed by atoms with E-state index in [9.17, 15) is 0 Å². The molecule has 0 bridgehead atoms. The van der Waals surface area contributed by atoms with E-state index < -0.39 is 0 Å². The van der Waals surface area contributed by atoms with Crippen LogP contribution in [0.1, 0.15) is 39.7 Å². The molecule has 0 aliphatic heterocycles. The summed E-state index contributed by atoms with van der Waals surface area (Å²) in [5.41, 5.74) is 6.62. The van der Waals surface area contributed by atoms with E-state index in [1.165, 1.54) is 11.1 Å². The lowest BCUT2D eigenvalue weighted by Crippen LogP contribution is -2.21. The van der Waals surface area contributed by atoms with E-state index in [0.717, 1.165) is 28.3 Å². The summed E-state index contributed by atoms with van der Waals surface area (Å²) < 4.78 is 5.40. The van der Waals surface area contributed by atoms with Crippen LogP contribution in [-0.2, 0) is 0 Å². The Labute approximate surface area is 126 Å². The number of hydrogen-bond donors (Lipinski definition) is 1. The van der Waals surface area contributed by atoms with Crippen molar-refractivity contribution in [1.82, 2.24) is 15.5 Å². The van der Waals surface area contributed by atoms with Crippen molar-refractivity contribution < 1.29 is 4.74 Å². The summed E-state index contributed by atoms with van der Waals surface area (Å²) in [5.74, 6) is 0.923. The first kappa shape index (κ1) is 15.4. The maximum Gasteiger partial charge on any atom is 0.122 e. The third kappa shape index (κ3) is 3.05. The third-order valence-corrected chi connectivity index (χ3v) is 3.83. The van der Waals surface area contributed by atoms with E-state index in [4.69, 9.17) is 4.74 Å². The summed E-state index contributed by atoms with van der Waals surface area (Å²) in [6.45, 7) is 8.14. The van der Waals surface area contributed by atoms with Crippen molar-refractivity contribution in [2.45, 2.75) is 33.7 Å². The molecule has 2 rings (SSSR count). The highest BCUT2D eigenvalue weighted by Gasteiger charge is 2.19. The van der Waals surface area contributed by atoms with Crippen LogP contribution < -0.4 is 10.1 Å². The van der Waals surface area contributed by atoms with Crippen LogP contribution in [0, 0.1) is 27.7 Å². The van der Waals surface area contributed by atoms with Crippen molar-refractivity contribution >= 4 is 0 Å². The van der Waals surface area contributed by atoms with E-state index >= 15 is 0 Å². The van der Waals surface area contributed by atoms with Gasteiger partial charge in [-0.25, -0.2) is 0 Å². The van der Waals surface area contributed by atoms with Crippen LogP contribution in [0.25, 0.3) is 0 Å². The largest absolute Gasteiger partial charge is 0.496 e. The van der Waals surface area contributed by atoms with Gasteiger partial charge in [-0.3, -0.25) is 0 Å². The third-order valence-electron chi connectivity index (χ3n) is 3.83. The van der Waals surface area contributed by atoms with Gasteiger partial charge in [0.25, 0.3) is 0 Å². The van der Waals surface area contributed by atoms with Crippen molar-refractivity contribution in [3.8, 4) is 5.75 Å². The van der Waals surface area contributed by atoms with Crippen molar-refractivity contribution in [2.24, 2.45) is 0 Å². The molecule has 0 aliphatic carbocycles. The van der Waals surface area contributed by atoms with E-state index in [1.54, 1.807) is 7.11 Å². The number of methoxy groups -OCH3 is 1. The first-order valence-electron chi connectivity index (χ1n) is 7.11. The zero-order valence-electron chi connectivity index (χ0n) is 13.6. The number of nitrogens with one attached hydrogen (secondary N) is 1. The summed E-state index contributed by atoms with van der Waals surface area (Å²) >= 11 is 0. The summed E-state index contributed by atoms with van der Waals surface area (Å²) in [6.07, 6.45) is 0. The molecule has 1 N–H and O–H groups in total. The quantitative estimate of drug-likeness (QED) is 0.938. The normalized spacial score (nSPS) is 12.3. The predicted molar refractivity (Wildman–Crippen MR) is 84.9 cm³/mol. The average Bonchev–Trinajstić information content (AvgIpc) is 2.46. The first-order chi connectivity index (χ1) is 9.97. The number of ether oxygens (including phenoxy) is 1. The topological polar surface area (TPSA) is 47.0 Å². The summed E-state index contributed by atoms with van der Waals surface area (Å²) in [5, 5.41) is 11.8. The Morgan fingerprint density at radius 3 is 2.29 bits per heavy atom. The summed E-state index contributed by atoms with van der Waals surface area (Å²) in [4.78, 5) is 0. The standard InChI is InChI=1S/C17H23N3O/c1-10-8-16(21-6)11(2)7-14(10)17(18-5)15-9-12(3)19-20-13(15)4/h7-9,17-18H,1-6H3. The van der Waals surface area contributed by atoms with Crippen molar-refractivity contribution in [1.29, 1.82) is 0 Å². The molecule has 4 nitrogen and oxygen atoms in total. The maximum atomic E-state index is 5.40. The average molecular weight is 285 g/mol. The minimum Gasteiger partial charge on any atom is -0.496 e. The molecule has 1 atom stereocenters. The van der Waals surface area contributed by atoms with Crippen LogP contribution >= 0.6 is 0 Å². The molecule has 1 aromatic carbocycles. The number of rotatable bonds is 4. The lowest BCUT2D eigenvalue weighted by molar-refractivity contribution is 0.411. The molecule has 0 saturated heterocycles. The Morgan fingerprint density at radius 1 is 0.952 bits per heavy atom. The molecule has 0 aliphatic rings. The maximum absolute atomic E-state index is 5.40. The van der Waals surface area contributed by atoms with Crippen LogP contribution in [0.3, 0.4) is 0 Å². The van der Waals surface area contributed by atoms with Gasteiger partial charge >= 0.3 is 0 Å². The van der Waals surface area contributed by atoms with E-state index in [1.807, 2.05) is 20.9 Å². The zero-order valence-corrected chi connectivity index (χ0v) is 13.6. The molecule has 2 aromatic rings. The summed E-state index contributed by atoms with van der Waals surface area (Å²) in [6, 6.07) is 6.47. The van der Waals surface area contributed by atoms with Gasteiger partial charge in [0, 0.05) is 0 Å². The molecule has 0 fully saturated rings. The second kappa shape index (κ2) is 6.22. The highest BCUT2D eigenvalue weighted by Crippen LogP contribution is 2.31. The van der Waals surface area contributed by atoms with Gasteiger partial charge in [0.2, 0.25) is 0 Å². The van der Waals surface area contributed by atoms with Gasteiger partial charge in [0.15, 0.2) is 0 Å². The van der Waals surface area contributed by atoms with Crippen LogP contribution in [0.2, 0.25) is 0 Å². The SMILES string of the molecule is CNC(c1cc(C)c(OC)cc1C)c1cc(C)nnc1C. The number of aromatic nitrogens is 2. The minimum atomic E-state index is 0.101. The second-order valence-electron chi connectivity index (χ2n) is 5.43. The molecule has 1 heterocycles. The number of aryl methyl sites for hydroxylation is 4. The molecule has 0 spiro atoms. The van der Waals surface area contributed by atoms with Gasteiger partial charge in [0.1, 0.15) is 5.75 Å². The Bertz CT molecular complexity index is 653. The van der Waals surface area contributed by atoms with Crippen molar-refractivity contribution in [2.75, 3.05) is 14.2 Å². The molecule has 0 radical (unpaired) electrons. The van der Waals surface area contributed by atoms with Crippen molar-refractivity contribution in [3.05, 3.63) is 51.8 Å². The van der Waals surface area contributed by atoms with Gasteiger partial charge < -0.3 is 10.1 Å². The number of hydrogen-bond acceptors (Lipinski definition) is 4. The van der Waals surface area contributed by atoms with Gasteiger partial charge in [-0.05, 0) is 69.1 Å². The Hall–Kier alpha value is -1.94. The lowest BCUT2D eigenvalue weighted by atomic mass is 9.92. The number of benzene rings is 1. The van der Waals surface area contributed by atoms with Gasteiger partial charge in [-0.15, -0.1) is 0 Å². The van der Waals surface area contributed by atoms with Gasteiger partial charge in [0.05, 0.1) is 24.5 Å². The Balaban J connectivity index is 2.56. The molecule has 0 saturated carbocycles. The fourth-order valence-corrected chi connectivity index (χ4v) is 2.68. The Morgan fingerprint density at radius 2 is 1.67 bits per heavy atom. The monoisotopic (exact) mass is 285 g/mol. The van der Waals surface area contributed by atoms with Crippen LogP contribution in [0.15, 0.2) is 18.2 Å². The highest BCUT2D eigenvalue weighted by molar-refractivity contribution is 5.46. The van der Waals surface area contributed by atoms with E-state index in [2.05, 4.69) is 47.6 Å². The Kier molecular flexibility index (Phi) is 4.58. The van der Waals surface area contributed by atoms with Crippen LogP contribution in [-0.4, -0.2) is 24.4 Å². The van der Waals surface area contributed by atoms with Crippen LogP contribution in [0.4, 0.5) is 0 Å². The minimum absolute atomic E-state index is 0.101. The summed E-state index contributed by atoms with van der Waals surface area (Å²) in [7, 11) is 3.68.